The summed E-state index contributed by atoms with van der Waals surface area (Å²) >= 11 is 0. The zero-order valence-corrected chi connectivity index (χ0v) is 11.4. The van der Waals surface area contributed by atoms with Crippen LogP contribution in [0, 0.1) is 0 Å². The van der Waals surface area contributed by atoms with Gasteiger partial charge in [-0.3, -0.25) is 4.79 Å². The smallest absolute Gasteiger partial charge is 0.369 e. The van der Waals surface area contributed by atoms with Crippen LogP contribution in [0.3, 0.4) is 0 Å². The van der Waals surface area contributed by atoms with Gasteiger partial charge in [0.05, 0.1) is 0 Å². The van der Waals surface area contributed by atoms with Gasteiger partial charge in [-0.15, -0.1) is 10.2 Å². The van der Waals surface area contributed by atoms with E-state index in [0.29, 0.717) is 17.3 Å². The molecule has 0 saturated heterocycles. The maximum Gasteiger partial charge on any atom is 0.406 e. The van der Waals surface area contributed by atoms with E-state index >= 15 is 0 Å². The van der Waals surface area contributed by atoms with Crippen LogP contribution in [0.2, 0.25) is 0 Å². The number of halogens is 3. The normalized spacial score (nSPS) is 11.2. The summed E-state index contributed by atoms with van der Waals surface area (Å²) in [4.78, 5) is 12.6. The second-order valence-electron chi connectivity index (χ2n) is 4.17. The molecule has 0 atom stereocenters. The number of rotatable bonds is 6. The van der Waals surface area contributed by atoms with Crippen LogP contribution in [0.25, 0.3) is 0 Å². The first-order valence-electron chi connectivity index (χ1n) is 6.31. The van der Waals surface area contributed by atoms with Crippen molar-refractivity contribution >= 4 is 11.7 Å². The lowest BCUT2D eigenvalue weighted by Crippen LogP contribution is -2.39. The number of carbonyl (C=O) groups excluding carboxylic acids is 1. The van der Waals surface area contributed by atoms with Crippen LogP contribution < -0.4 is 5.32 Å². The van der Waals surface area contributed by atoms with Crippen molar-refractivity contribution in [3.05, 3.63) is 17.8 Å². The number of amides is 1. The highest BCUT2D eigenvalue weighted by atomic mass is 19.4. The molecule has 0 fully saturated rings. The average Bonchev–Trinajstić information content (AvgIpc) is 2.41. The molecule has 1 aromatic rings. The molecular formula is C12H17F3N4O. The molecule has 20 heavy (non-hydrogen) atoms. The van der Waals surface area contributed by atoms with Crippen molar-refractivity contribution < 1.29 is 18.0 Å². The van der Waals surface area contributed by atoms with Crippen LogP contribution in [-0.4, -0.2) is 46.8 Å². The topological polar surface area (TPSA) is 58.1 Å². The Hall–Kier alpha value is -1.86. The Balaban J connectivity index is 2.75. The van der Waals surface area contributed by atoms with Crippen molar-refractivity contribution in [1.82, 2.24) is 15.1 Å². The lowest BCUT2D eigenvalue weighted by molar-refractivity contribution is -0.140. The summed E-state index contributed by atoms with van der Waals surface area (Å²) in [6.07, 6.45) is -3.53. The van der Waals surface area contributed by atoms with Crippen molar-refractivity contribution in [2.24, 2.45) is 0 Å². The Kier molecular flexibility index (Phi) is 5.72. The van der Waals surface area contributed by atoms with Gasteiger partial charge >= 0.3 is 6.18 Å². The third-order valence-electron chi connectivity index (χ3n) is 2.48. The molecule has 112 valence electrons. The second-order valence-corrected chi connectivity index (χ2v) is 4.17. The van der Waals surface area contributed by atoms with Crippen LogP contribution in [0.4, 0.5) is 19.0 Å². The number of hydrogen-bond donors (Lipinski definition) is 1. The van der Waals surface area contributed by atoms with Gasteiger partial charge in [-0.1, -0.05) is 6.92 Å². The Labute approximate surface area is 115 Å². The summed E-state index contributed by atoms with van der Waals surface area (Å²) in [6, 6.07) is 2.89. The van der Waals surface area contributed by atoms with E-state index in [9.17, 15) is 18.0 Å². The molecule has 1 amide bonds. The SMILES string of the molecule is CCCNc1ccc(C(=O)N(CC)CC(F)(F)F)nn1. The van der Waals surface area contributed by atoms with Gasteiger partial charge < -0.3 is 10.2 Å². The Morgan fingerprint density at radius 2 is 2.00 bits per heavy atom. The van der Waals surface area contributed by atoms with Crippen molar-refractivity contribution in [3.8, 4) is 0 Å². The molecule has 0 aliphatic rings. The molecule has 0 unspecified atom stereocenters. The maximum absolute atomic E-state index is 12.3. The predicted octanol–water partition coefficient (Wildman–Crippen LogP) is 2.32. The van der Waals surface area contributed by atoms with Crippen LogP contribution >= 0.6 is 0 Å². The van der Waals surface area contributed by atoms with Crippen molar-refractivity contribution in [1.29, 1.82) is 0 Å². The fourth-order valence-electron chi connectivity index (χ4n) is 1.50. The van der Waals surface area contributed by atoms with Crippen LogP contribution in [0.1, 0.15) is 30.8 Å². The van der Waals surface area contributed by atoms with Gasteiger partial charge in [0.1, 0.15) is 12.4 Å². The maximum atomic E-state index is 12.3. The molecule has 1 rings (SSSR count). The van der Waals surface area contributed by atoms with Crippen LogP contribution in [0.15, 0.2) is 12.1 Å². The van der Waals surface area contributed by atoms with Gasteiger partial charge in [0, 0.05) is 13.1 Å². The minimum atomic E-state index is -4.43. The van der Waals surface area contributed by atoms with E-state index in [2.05, 4.69) is 15.5 Å². The van der Waals surface area contributed by atoms with Gasteiger partial charge in [-0.2, -0.15) is 13.2 Å². The summed E-state index contributed by atoms with van der Waals surface area (Å²) in [7, 11) is 0. The number of carbonyl (C=O) groups is 1. The van der Waals surface area contributed by atoms with E-state index < -0.39 is 18.6 Å². The van der Waals surface area contributed by atoms with Gasteiger partial charge in [-0.25, -0.2) is 0 Å². The Morgan fingerprint density at radius 3 is 2.45 bits per heavy atom. The van der Waals surface area contributed by atoms with E-state index in [1.165, 1.54) is 19.1 Å². The van der Waals surface area contributed by atoms with Crippen molar-refractivity contribution in [2.45, 2.75) is 26.4 Å². The molecule has 0 bridgehead atoms. The highest BCUT2D eigenvalue weighted by Gasteiger charge is 2.33. The van der Waals surface area contributed by atoms with Gasteiger partial charge in [-0.05, 0) is 25.5 Å². The summed E-state index contributed by atoms with van der Waals surface area (Å²) in [5.74, 6) is -0.290. The number of aromatic nitrogens is 2. The highest BCUT2D eigenvalue weighted by Crippen LogP contribution is 2.17. The molecule has 0 spiro atoms. The number of nitrogens with zero attached hydrogens (tertiary/aromatic N) is 3. The molecule has 0 radical (unpaired) electrons. The zero-order chi connectivity index (χ0) is 15.2. The monoisotopic (exact) mass is 290 g/mol. The minimum Gasteiger partial charge on any atom is -0.369 e. The molecule has 1 N–H and O–H groups in total. The van der Waals surface area contributed by atoms with Crippen LogP contribution in [0.5, 0.6) is 0 Å². The summed E-state index contributed by atoms with van der Waals surface area (Å²) < 4.78 is 37.0. The fourth-order valence-corrected chi connectivity index (χ4v) is 1.50. The van der Waals surface area contributed by atoms with Gasteiger partial charge in [0.25, 0.3) is 5.91 Å². The molecule has 0 saturated carbocycles. The number of nitrogens with one attached hydrogen (secondary N) is 1. The lowest BCUT2D eigenvalue weighted by atomic mass is 10.3. The van der Waals surface area contributed by atoms with E-state index in [-0.39, 0.29) is 12.2 Å². The number of anilines is 1. The van der Waals surface area contributed by atoms with E-state index in [1.54, 1.807) is 0 Å². The largest absolute Gasteiger partial charge is 0.406 e. The number of alkyl halides is 3. The minimum absolute atomic E-state index is 0.0458. The summed E-state index contributed by atoms with van der Waals surface area (Å²) in [6.45, 7) is 2.83. The van der Waals surface area contributed by atoms with E-state index in [0.717, 1.165) is 6.42 Å². The number of hydrogen-bond acceptors (Lipinski definition) is 4. The molecular weight excluding hydrogens is 273 g/mol. The van der Waals surface area contributed by atoms with Gasteiger partial charge in [0.15, 0.2) is 5.69 Å². The third-order valence-corrected chi connectivity index (χ3v) is 2.48. The second kappa shape index (κ2) is 7.06. The molecule has 0 aliphatic carbocycles. The predicted molar refractivity (Wildman–Crippen MR) is 68.4 cm³/mol. The zero-order valence-electron chi connectivity index (χ0n) is 11.4. The van der Waals surface area contributed by atoms with E-state index in [1.807, 2.05) is 6.92 Å². The van der Waals surface area contributed by atoms with E-state index in [4.69, 9.17) is 0 Å². The average molecular weight is 290 g/mol. The first-order chi connectivity index (χ1) is 9.37. The molecule has 1 aromatic heterocycles. The first-order valence-corrected chi connectivity index (χ1v) is 6.31. The standard InChI is InChI=1S/C12H17F3N4O/c1-3-7-16-10-6-5-9(17-18-10)11(20)19(4-2)8-12(13,14)15/h5-6H,3-4,7-8H2,1-2H3,(H,16,18). The fraction of sp³-hybridized carbons (Fsp3) is 0.583. The molecule has 0 aliphatic heterocycles. The molecule has 5 nitrogen and oxygen atoms in total. The lowest BCUT2D eigenvalue weighted by Gasteiger charge is -2.21. The third kappa shape index (κ3) is 5.02. The molecule has 0 aromatic carbocycles. The van der Waals surface area contributed by atoms with Gasteiger partial charge in [0.2, 0.25) is 0 Å². The van der Waals surface area contributed by atoms with Crippen LogP contribution in [-0.2, 0) is 0 Å². The Bertz CT molecular complexity index is 433. The quantitative estimate of drug-likeness (QED) is 0.873. The molecule has 8 heteroatoms. The summed E-state index contributed by atoms with van der Waals surface area (Å²) in [5.41, 5.74) is -0.0989. The van der Waals surface area contributed by atoms with Crippen molar-refractivity contribution in [3.63, 3.8) is 0 Å². The van der Waals surface area contributed by atoms with Crippen molar-refractivity contribution in [2.75, 3.05) is 25.0 Å². The Morgan fingerprint density at radius 1 is 1.30 bits per heavy atom. The first kappa shape index (κ1) is 16.2. The molecule has 1 heterocycles. The summed E-state index contributed by atoms with van der Waals surface area (Å²) in [5, 5.41) is 10.4. The highest BCUT2D eigenvalue weighted by molar-refractivity contribution is 5.92.